The molecular weight excluding hydrogens is 695 g/mol. The van der Waals surface area contributed by atoms with Gasteiger partial charge in [-0.15, -0.1) is 5.10 Å². The number of alkyl halides is 3. The lowest BCUT2D eigenvalue weighted by Gasteiger charge is -2.40. The maximum atomic E-state index is 14.4. The van der Waals surface area contributed by atoms with E-state index >= 15 is 0 Å². The number of aromatic nitrogens is 6. The summed E-state index contributed by atoms with van der Waals surface area (Å²) in [5, 5.41) is 28.6. The standard InChI is InChI=1S/C33H35ClF3N9O5/c1-15-19-11-44(12-20(15)19)30-41-31-45(13-23(47)40-22-5-4-18(10-21(22)34)33(35,36)37)26-17(3)51-32(24(26)28(49)46(31)42-30)6-8-43(9-7-32)29(50)25-27(48)16(2)38-14-39-25/h4-5,10,14-15,17,19-20,29,48,50H,6-9,11-13H2,1-3H3,(H,40,47)/t15?,17-,19-,20+,29?/m1/s1. The number of piperidine rings is 2. The van der Waals surface area contributed by atoms with Crippen LogP contribution < -0.4 is 15.8 Å². The van der Waals surface area contributed by atoms with E-state index in [1.165, 1.54) is 10.8 Å². The molecule has 1 saturated carbocycles. The Kier molecular flexibility index (Phi) is 7.86. The molecule has 5 atom stereocenters. The Morgan fingerprint density at radius 2 is 1.88 bits per heavy atom. The maximum Gasteiger partial charge on any atom is 0.416 e. The van der Waals surface area contributed by atoms with Crippen LogP contribution in [0.2, 0.25) is 5.02 Å². The number of aryl methyl sites for hydroxylation is 1. The Balaban J connectivity index is 1.15. The van der Waals surface area contributed by atoms with E-state index in [0.29, 0.717) is 40.7 Å². The van der Waals surface area contributed by atoms with Crippen molar-refractivity contribution in [1.82, 2.24) is 34.0 Å². The van der Waals surface area contributed by atoms with Crippen LogP contribution in [0.3, 0.4) is 0 Å². The summed E-state index contributed by atoms with van der Waals surface area (Å²) < 4.78 is 49.1. The van der Waals surface area contributed by atoms with E-state index in [1.807, 2.05) is 4.90 Å². The maximum absolute atomic E-state index is 14.4. The number of nitrogens with one attached hydrogen (secondary N) is 1. The highest BCUT2D eigenvalue weighted by atomic mass is 35.5. The quantitative estimate of drug-likeness (QED) is 0.265. The van der Waals surface area contributed by atoms with E-state index in [2.05, 4.69) is 27.3 Å². The summed E-state index contributed by atoms with van der Waals surface area (Å²) >= 11 is 6.15. The van der Waals surface area contributed by atoms with Gasteiger partial charge in [0.15, 0.2) is 12.0 Å². The average molecular weight is 730 g/mol. The summed E-state index contributed by atoms with van der Waals surface area (Å²) in [6, 6.07) is 2.67. The normalized spacial score (nSPS) is 24.6. The number of fused-ring (bicyclic) bond motifs is 4. The molecule has 270 valence electrons. The number of amides is 1. The van der Waals surface area contributed by atoms with E-state index in [4.69, 9.17) is 21.3 Å². The number of aliphatic hydroxyl groups is 1. The minimum atomic E-state index is -4.61. The first-order valence-corrected chi connectivity index (χ1v) is 17.1. The molecule has 1 spiro atoms. The van der Waals surface area contributed by atoms with Crippen LogP contribution in [0.5, 0.6) is 5.75 Å². The fourth-order valence-corrected chi connectivity index (χ4v) is 8.34. The van der Waals surface area contributed by atoms with Gasteiger partial charge in [0, 0.05) is 26.2 Å². The lowest BCUT2D eigenvalue weighted by molar-refractivity contribution is -0.137. The molecular formula is C33H35ClF3N9O5. The Hall–Kier alpha value is -4.32. The van der Waals surface area contributed by atoms with Gasteiger partial charge in [-0.2, -0.15) is 22.7 Å². The first-order valence-electron chi connectivity index (χ1n) is 16.7. The number of carbonyl (C=O) groups is 1. The van der Waals surface area contributed by atoms with Crippen molar-refractivity contribution in [2.45, 2.75) is 64.3 Å². The van der Waals surface area contributed by atoms with E-state index in [1.54, 1.807) is 23.3 Å². The van der Waals surface area contributed by atoms with Crippen LogP contribution >= 0.6 is 11.6 Å². The average Bonchev–Trinajstić information content (AvgIpc) is 3.50. The molecule has 0 bridgehead atoms. The van der Waals surface area contributed by atoms with E-state index in [0.717, 1.165) is 31.3 Å². The first-order chi connectivity index (χ1) is 24.2. The van der Waals surface area contributed by atoms with Gasteiger partial charge in [-0.3, -0.25) is 14.5 Å². The molecule has 3 N–H and O–H groups in total. The third kappa shape index (κ3) is 5.52. The number of hydrogen-bond donors (Lipinski definition) is 3. The van der Waals surface area contributed by atoms with E-state index in [9.17, 15) is 33.0 Å². The smallest absolute Gasteiger partial charge is 0.416 e. The van der Waals surface area contributed by atoms with Crippen LogP contribution in [-0.2, 0) is 27.9 Å². The van der Waals surface area contributed by atoms with Crippen molar-refractivity contribution in [3.63, 3.8) is 0 Å². The van der Waals surface area contributed by atoms with Crippen molar-refractivity contribution in [1.29, 1.82) is 0 Å². The Labute approximate surface area is 293 Å². The Morgan fingerprint density at radius 3 is 2.55 bits per heavy atom. The molecule has 4 aliphatic rings. The topological polar surface area (TPSA) is 163 Å². The molecule has 6 heterocycles. The summed E-state index contributed by atoms with van der Waals surface area (Å²) in [5.41, 5.74) is -1.31. The highest BCUT2D eigenvalue weighted by Gasteiger charge is 2.54. The van der Waals surface area contributed by atoms with Crippen LogP contribution in [0.15, 0.2) is 29.3 Å². The number of halogens is 4. The number of hydrogen-bond acceptors (Lipinski definition) is 11. The molecule has 2 unspecified atom stereocenters. The van der Waals surface area contributed by atoms with Gasteiger partial charge in [0.25, 0.3) is 5.56 Å². The highest BCUT2D eigenvalue weighted by Crippen LogP contribution is 2.52. The second-order valence-corrected chi connectivity index (χ2v) is 14.4. The molecule has 4 aromatic rings. The number of likely N-dealkylation sites (tertiary alicyclic amines) is 1. The number of benzene rings is 1. The van der Waals surface area contributed by atoms with Crippen molar-refractivity contribution < 1.29 is 32.9 Å². The summed E-state index contributed by atoms with van der Waals surface area (Å²) in [6.07, 6.45) is -4.65. The Bertz CT molecular complexity index is 2120. The lowest BCUT2D eigenvalue weighted by atomic mass is 9.85. The largest absolute Gasteiger partial charge is 0.504 e. The van der Waals surface area contributed by atoms with Gasteiger partial charge in [0.05, 0.1) is 39.3 Å². The van der Waals surface area contributed by atoms with Crippen molar-refractivity contribution in [3.05, 3.63) is 68.1 Å². The molecule has 51 heavy (non-hydrogen) atoms. The number of carbonyl (C=O) groups excluding carboxylic acids is 1. The summed E-state index contributed by atoms with van der Waals surface area (Å²) in [7, 11) is 0. The second-order valence-electron chi connectivity index (χ2n) is 14.0. The van der Waals surface area contributed by atoms with Gasteiger partial charge >= 0.3 is 6.18 Å². The Morgan fingerprint density at radius 1 is 1.18 bits per heavy atom. The van der Waals surface area contributed by atoms with Crippen molar-refractivity contribution in [2.75, 3.05) is 36.4 Å². The molecule has 3 aliphatic heterocycles. The zero-order valence-corrected chi connectivity index (χ0v) is 28.6. The molecule has 3 fully saturated rings. The molecule has 3 aromatic heterocycles. The van der Waals surface area contributed by atoms with Gasteiger partial charge in [0.2, 0.25) is 17.6 Å². The fourth-order valence-electron chi connectivity index (χ4n) is 8.11. The minimum absolute atomic E-state index is 0.00689. The third-order valence-corrected chi connectivity index (χ3v) is 11.3. The fraction of sp³-hybridized carbons (Fsp3) is 0.515. The predicted molar refractivity (Wildman–Crippen MR) is 176 cm³/mol. The van der Waals surface area contributed by atoms with Crippen LogP contribution in [0.1, 0.15) is 67.2 Å². The van der Waals surface area contributed by atoms with Gasteiger partial charge in [0.1, 0.15) is 24.2 Å². The lowest BCUT2D eigenvalue weighted by Crippen LogP contribution is -2.46. The number of anilines is 2. The molecule has 14 nitrogen and oxygen atoms in total. The minimum Gasteiger partial charge on any atom is -0.504 e. The van der Waals surface area contributed by atoms with Crippen molar-refractivity contribution in [2.24, 2.45) is 17.8 Å². The molecule has 1 aliphatic carbocycles. The summed E-state index contributed by atoms with van der Waals surface area (Å²) in [5.74, 6) is 1.37. The van der Waals surface area contributed by atoms with Crippen LogP contribution in [0.4, 0.5) is 24.8 Å². The monoisotopic (exact) mass is 729 g/mol. The highest BCUT2D eigenvalue weighted by molar-refractivity contribution is 6.33. The van der Waals surface area contributed by atoms with Gasteiger partial charge in [-0.05, 0) is 62.6 Å². The SMILES string of the molecule is Cc1ncnc(C(O)N2CCC3(CC2)O[C@H](C)c2c3c(=O)n3nc(N4C[C@@H]5C(C)[C@@H]5C4)nc3n2CC(=O)Nc2ccc(C(F)(F)F)cc2Cl)c1O. The predicted octanol–water partition coefficient (Wildman–Crippen LogP) is 3.78. The molecule has 1 amide bonds. The molecule has 2 saturated heterocycles. The number of aliphatic hydroxyl groups excluding tert-OH is 1. The number of ether oxygens (including phenoxy) is 1. The van der Waals surface area contributed by atoms with E-state index in [-0.39, 0.29) is 60.4 Å². The van der Waals surface area contributed by atoms with Crippen LogP contribution in [0.25, 0.3) is 5.78 Å². The third-order valence-electron chi connectivity index (χ3n) is 11.0. The van der Waals surface area contributed by atoms with Crippen LogP contribution in [0, 0.1) is 24.7 Å². The van der Waals surface area contributed by atoms with Gasteiger partial charge in [-0.25, -0.2) is 9.97 Å². The molecule has 18 heteroatoms. The van der Waals surface area contributed by atoms with E-state index < -0.39 is 41.1 Å². The van der Waals surface area contributed by atoms with Crippen molar-refractivity contribution in [3.8, 4) is 5.75 Å². The van der Waals surface area contributed by atoms with Gasteiger partial charge < -0.3 is 29.7 Å². The zero-order chi connectivity index (χ0) is 36.1. The first kappa shape index (κ1) is 33.8. The second kappa shape index (κ2) is 11.9. The number of nitrogens with zero attached hydrogens (tertiary/aromatic N) is 8. The molecule has 8 rings (SSSR count). The van der Waals surface area contributed by atoms with Gasteiger partial charge in [-0.1, -0.05) is 18.5 Å². The van der Waals surface area contributed by atoms with Crippen LogP contribution in [-0.4, -0.2) is 76.3 Å². The summed E-state index contributed by atoms with van der Waals surface area (Å²) in [6.45, 7) is 7.29. The molecule has 0 radical (unpaired) electrons. The number of aromatic hydroxyl groups is 1. The summed E-state index contributed by atoms with van der Waals surface area (Å²) in [4.78, 5) is 44.6. The molecule has 1 aromatic carbocycles. The number of rotatable bonds is 6. The zero-order valence-electron chi connectivity index (χ0n) is 27.9. The van der Waals surface area contributed by atoms with Crippen molar-refractivity contribution >= 4 is 34.9 Å².